The number of anilines is 2. The molecule has 0 aromatic carbocycles. The van der Waals surface area contributed by atoms with Gasteiger partial charge in [-0.05, 0) is 6.07 Å². The number of halogens is 1. The first-order valence-electron chi connectivity index (χ1n) is 6.73. The predicted molar refractivity (Wildman–Crippen MR) is 82.3 cm³/mol. The van der Waals surface area contributed by atoms with Gasteiger partial charge in [-0.3, -0.25) is 4.98 Å². The van der Waals surface area contributed by atoms with Gasteiger partial charge in [0.05, 0.1) is 17.8 Å². The van der Waals surface area contributed by atoms with Crippen LogP contribution in [0.15, 0.2) is 30.9 Å². The summed E-state index contributed by atoms with van der Waals surface area (Å²) in [6.45, 7) is 3.52. The zero-order valence-electron chi connectivity index (χ0n) is 11.7. The van der Waals surface area contributed by atoms with Gasteiger partial charge in [-0.2, -0.15) is 0 Å². The van der Waals surface area contributed by atoms with Crippen LogP contribution in [-0.4, -0.2) is 48.2 Å². The molecule has 1 aliphatic heterocycles. The lowest BCUT2D eigenvalue weighted by molar-refractivity contribution is 0.396. The van der Waals surface area contributed by atoms with Gasteiger partial charge >= 0.3 is 0 Å². The van der Waals surface area contributed by atoms with Crippen LogP contribution < -0.4 is 14.5 Å². The standard InChI is InChI=1S/C14H16ClN5O/c1-21-14-8-13(17-10-18-14)20-6-4-19(5-7-20)12-2-3-16-9-11(12)15/h2-3,8-10H,4-7H2,1H3. The van der Waals surface area contributed by atoms with Crippen molar-refractivity contribution in [3.63, 3.8) is 0 Å². The van der Waals surface area contributed by atoms with Gasteiger partial charge in [-0.15, -0.1) is 0 Å². The van der Waals surface area contributed by atoms with E-state index in [-0.39, 0.29) is 0 Å². The molecular formula is C14H16ClN5O. The second-order valence-corrected chi connectivity index (χ2v) is 5.13. The fourth-order valence-electron chi connectivity index (χ4n) is 2.42. The normalized spacial score (nSPS) is 15.1. The van der Waals surface area contributed by atoms with Crippen molar-refractivity contribution in [3.8, 4) is 5.88 Å². The van der Waals surface area contributed by atoms with Crippen LogP contribution in [0.1, 0.15) is 0 Å². The number of aromatic nitrogens is 3. The van der Waals surface area contributed by atoms with Crippen molar-refractivity contribution in [2.75, 3.05) is 43.1 Å². The van der Waals surface area contributed by atoms with Crippen LogP contribution in [-0.2, 0) is 0 Å². The highest BCUT2D eigenvalue weighted by Crippen LogP contribution is 2.26. The number of piperazine rings is 1. The smallest absolute Gasteiger partial charge is 0.218 e. The average Bonchev–Trinajstić information content (AvgIpc) is 2.56. The van der Waals surface area contributed by atoms with Crippen LogP contribution in [0, 0.1) is 0 Å². The van der Waals surface area contributed by atoms with Crippen LogP contribution in [0.2, 0.25) is 5.02 Å². The molecule has 0 spiro atoms. The topological polar surface area (TPSA) is 54.4 Å². The molecule has 0 radical (unpaired) electrons. The third kappa shape index (κ3) is 3.00. The lowest BCUT2D eigenvalue weighted by Crippen LogP contribution is -2.47. The van der Waals surface area contributed by atoms with Crippen LogP contribution in [0.25, 0.3) is 0 Å². The molecule has 7 heteroatoms. The molecule has 2 aromatic rings. The number of methoxy groups -OCH3 is 1. The molecule has 0 atom stereocenters. The van der Waals surface area contributed by atoms with Crippen LogP contribution in [0.4, 0.5) is 11.5 Å². The minimum absolute atomic E-state index is 0.583. The van der Waals surface area contributed by atoms with E-state index in [2.05, 4.69) is 24.8 Å². The molecule has 0 aliphatic carbocycles. The predicted octanol–water partition coefficient (Wildman–Crippen LogP) is 1.86. The summed E-state index contributed by atoms with van der Waals surface area (Å²) in [4.78, 5) is 16.8. The molecule has 2 aromatic heterocycles. The van der Waals surface area contributed by atoms with E-state index in [1.807, 2.05) is 12.1 Å². The van der Waals surface area contributed by atoms with Crippen LogP contribution in [0.5, 0.6) is 5.88 Å². The third-order valence-corrected chi connectivity index (χ3v) is 3.82. The van der Waals surface area contributed by atoms with E-state index in [1.165, 1.54) is 6.33 Å². The van der Waals surface area contributed by atoms with Crippen molar-refractivity contribution >= 4 is 23.1 Å². The van der Waals surface area contributed by atoms with E-state index in [0.29, 0.717) is 10.9 Å². The average molecular weight is 306 g/mol. The van der Waals surface area contributed by atoms with Crippen molar-refractivity contribution in [3.05, 3.63) is 35.9 Å². The van der Waals surface area contributed by atoms with E-state index in [0.717, 1.165) is 37.7 Å². The summed E-state index contributed by atoms with van der Waals surface area (Å²) in [7, 11) is 1.61. The van der Waals surface area contributed by atoms with Crippen molar-refractivity contribution < 1.29 is 4.74 Å². The Bertz CT molecular complexity index is 616. The van der Waals surface area contributed by atoms with Gasteiger partial charge in [0.1, 0.15) is 12.1 Å². The third-order valence-electron chi connectivity index (χ3n) is 3.53. The summed E-state index contributed by atoms with van der Waals surface area (Å²) in [5, 5.41) is 0.689. The van der Waals surface area contributed by atoms with Crippen LogP contribution >= 0.6 is 11.6 Å². The first-order valence-corrected chi connectivity index (χ1v) is 7.11. The Kier molecular flexibility index (Phi) is 4.06. The van der Waals surface area contributed by atoms with Gasteiger partial charge in [0.25, 0.3) is 0 Å². The monoisotopic (exact) mass is 305 g/mol. The summed E-state index contributed by atoms with van der Waals surface area (Å²) in [6.07, 6.45) is 4.97. The largest absolute Gasteiger partial charge is 0.481 e. The van der Waals surface area contributed by atoms with Crippen LogP contribution in [0.3, 0.4) is 0 Å². The fourth-order valence-corrected chi connectivity index (χ4v) is 2.65. The summed E-state index contributed by atoms with van der Waals surface area (Å²) in [5.74, 6) is 1.47. The number of ether oxygens (including phenoxy) is 1. The Labute approximate surface area is 128 Å². The van der Waals surface area contributed by atoms with Gasteiger partial charge in [-0.25, -0.2) is 9.97 Å². The van der Waals surface area contributed by atoms with Crippen molar-refractivity contribution in [1.82, 2.24) is 15.0 Å². The quantitative estimate of drug-likeness (QED) is 0.863. The van der Waals surface area contributed by atoms with E-state index in [9.17, 15) is 0 Å². The van der Waals surface area contributed by atoms with Gasteiger partial charge in [0.15, 0.2) is 0 Å². The zero-order chi connectivity index (χ0) is 14.7. The van der Waals surface area contributed by atoms with Gasteiger partial charge < -0.3 is 14.5 Å². The van der Waals surface area contributed by atoms with E-state index in [4.69, 9.17) is 16.3 Å². The van der Waals surface area contributed by atoms with Gasteiger partial charge in [0.2, 0.25) is 5.88 Å². The van der Waals surface area contributed by atoms with Gasteiger partial charge in [-0.1, -0.05) is 11.6 Å². The second kappa shape index (κ2) is 6.13. The molecule has 3 heterocycles. The fraction of sp³-hybridized carbons (Fsp3) is 0.357. The second-order valence-electron chi connectivity index (χ2n) is 4.72. The maximum absolute atomic E-state index is 6.20. The highest BCUT2D eigenvalue weighted by atomic mass is 35.5. The lowest BCUT2D eigenvalue weighted by Gasteiger charge is -2.36. The lowest BCUT2D eigenvalue weighted by atomic mass is 10.2. The Balaban J connectivity index is 1.69. The first-order chi connectivity index (χ1) is 10.3. The molecule has 0 saturated carbocycles. The highest BCUT2D eigenvalue weighted by Gasteiger charge is 2.20. The Morgan fingerprint density at radius 3 is 2.62 bits per heavy atom. The summed E-state index contributed by atoms with van der Waals surface area (Å²) in [5.41, 5.74) is 1.03. The summed E-state index contributed by atoms with van der Waals surface area (Å²) < 4.78 is 5.14. The van der Waals surface area contributed by atoms with Gasteiger partial charge in [0, 0.05) is 44.6 Å². The number of pyridine rings is 1. The van der Waals surface area contributed by atoms with Crippen molar-refractivity contribution in [1.29, 1.82) is 0 Å². The minimum Gasteiger partial charge on any atom is -0.481 e. The number of hydrogen-bond acceptors (Lipinski definition) is 6. The number of hydrogen-bond donors (Lipinski definition) is 0. The summed E-state index contributed by atoms with van der Waals surface area (Å²) >= 11 is 6.20. The van der Waals surface area contributed by atoms with E-state index in [1.54, 1.807) is 19.5 Å². The molecule has 110 valence electrons. The number of rotatable bonds is 3. The molecule has 1 fully saturated rings. The molecule has 1 saturated heterocycles. The number of nitrogens with zero attached hydrogens (tertiary/aromatic N) is 5. The van der Waals surface area contributed by atoms with Crippen molar-refractivity contribution in [2.24, 2.45) is 0 Å². The zero-order valence-corrected chi connectivity index (χ0v) is 12.5. The highest BCUT2D eigenvalue weighted by molar-refractivity contribution is 6.33. The van der Waals surface area contributed by atoms with E-state index < -0.39 is 0 Å². The molecule has 0 unspecified atom stereocenters. The molecular weight excluding hydrogens is 290 g/mol. The maximum atomic E-state index is 6.20. The molecule has 0 amide bonds. The van der Waals surface area contributed by atoms with E-state index >= 15 is 0 Å². The van der Waals surface area contributed by atoms with Crippen molar-refractivity contribution in [2.45, 2.75) is 0 Å². The molecule has 3 rings (SSSR count). The molecule has 1 aliphatic rings. The summed E-state index contributed by atoms with van der Waals surface area (Å²) in [6, 6.07) is 3.81. The molecule has 0 bridgehead atoms. The Hall–Kier alpha value is -2.08. The minimum atomic E-state index is 0.583. The molecule has 21 heavy (non-hydrogen) atoms. The first kappa shape index (κ1) is 13.9. The maximum Gasteiger partial charge on any atom is 0.218 e. The Morgan fingerprint density at radius 2 is 1.90 bits per heavy atom. The Morgan fingerprint density at radius 1 is 1.14 bits per heavy atom. The molecule has 6 nitrogen and oxygen atoms in total. The SMILES string of the molecule is COc1cc(N2CCN(c3ccncc3Cl)CC2)ncn1. The molecule has 0 N–H and O–H groups in total.